The van der Waals surface area contributed by atoms with Gasteiger partial charge < -0.3 is 23.4 Å². The van der Waals surface area contributed by atoms with Crippen molar-refractivity contribution in [3.63, 3.8) is 0 Å². The number of hydrogen-bond donors (Lipinski definition) is 1. The molecule has 0 aliphatic carbocycles. The first kappa shape index (κ1) is 33.3. The Bertz CT molecular complexity index is 776. The molecule has 0 aliphatic heterocycles. The first-order valence-electron chi connectivity index (χ1n) is 13.5. The molecule has 0 heterocycles. The van der Waals surface area contributed by atoms with Crippen LogP contribution in [0.3, 0.4) is 0 Å². The number of aliphatic hydroxyl groups excluding tert-OH is 1. The molecule has 0 bridgehead atoms. The van der Waals surface area contributed by atoms with Crippen molar-refractivity contribution in [2.24, 2.45) is 5.41 Å². The molecule has 0 saturated carbocycles. The van der Waals surface area contributed by atoms with E-state index >= 15 is 0 Å². The highest BCUT2D eigenvalue weighted by Crippen LogP contribution is 2.43. The minimum Gasteiger partial charge on any atom is -0.497 e. The van der Waals surface area contributed by atoms with Gasteiger partial charge >= 0.3 is 0 Å². The molecule has 0 radical (unpaired) electrons. The van der Waals surface area contributed by atoms with Gasteiger partial charge in [-0.15, -0.1) is 0 Å². The van der Waals surface area contributed by atoms with E-state index in [4.69, 9.17) is 18.3 Å². The summed E-state index contributed by atoms with van der Waals surface area (Å²) in [6, 6.07) is 7.95. The van der Waals surface area contributed by atoms with Crippen LogP contribution in [0.15, 0.2) is 24.3 Å². The molecule has 1 N–H and O–H groups in total. The summed E-state index contributed by atoms with van der Waals surface area (Å²) < 4.78 is 25.4. The Morgan fingerprint density at radius 1 is 0.778 bits per heavy atom. The monoisotopic (exact) mass is 540 g/mol. The molecule has 5 nitrogen and oxygen atoms in total. The first-order chi connectivity index (χ1) is 16.3. The molecule has 0 aromatic heterocycles. The topological polar surface area (TPSA) is 57.2 Å². The highest BCUT2D eigenvalue weighted by atomic mass is 28.4. The largest absolute Gasteiger partial charge is 0.497 e. The lowest BCUT2D eigenvalue weighted by Crippen LogP contribution is -2.52. The summed E-state index contributed by atoms with van der Waals surface area (Å²) in [4.78, 5) is 0. The second-order valence-electron chi connectivity index (χ2n) is 13.7. The third kappa shape index (κ3) is 9.24. The number of rotatable bonds is 14. The highest BCUT2D eigenvalue weighted by molar-refractivity contribution is 6.74. The molecule has 210 valence electrons. The van der Waals surface area contributed by atoms with Crippen molar-refractivity contribution in [3.8, 4) is 5.75 Å². The Balaban J connectivity index is 3.16. The van der Waals surface area contributed by atoms with Gasteiger partial charge in [-0.05, 0) is 66.8 Å². The van der Waals surface area contributed by atoms with Gasteiger partial charge in [-0.3, -0.25) is 0 Å². The van der Waals surface area contributed by atoms with E-state index in [1.54, 1.807) is 7.11 Å². The Labute approximate surface area is 224 Å². The summed E-state index contributed by atoms with van der Waals surface area (Å²) in [5.41, 5.74) is 0.763. The smallest absolute Gasteiger partial charge is 0.192 e. The maximum atomic E-state index is 9.93. The standard InChI is InChI=1S/C29H56O5Si2/c1-27(2,3)35(10,11)33-21-19-26(34-36(12,13)28(4,5)6)29(7,8)25(18-20-30)32-22-23-14-16-24(31-9)17-15-23/h14-17,25-26,30H,18-22H2,1-13H3/t25-,26-/m0/s1. The number of methoxy groups -OCH3 is 1. The summed E-state index contributed by atoms with van der Waals surface area (Å²) in [6.07, 6.45) is 1.16. The van der Waals surface area contributed by atoms with Crippen molar-refractivity contribution in [2.75, 3.05) is 20.3 Å². The van der Waals surface area contributed by atoms with E-state index in [0.717, 1.165) is 17.7 Å². The van der Waals surface area contributed by atoms with Crippen LogP contribution in [0.4, 0.5) is 0 Å². The summed E-state index contributed by atoms with van der Waals surface area (Å²) >= 11 is 0. The molecule has 0 spiro atoms. The van der Waals surface area contributed by atoms with Gasteiger partial charge in [-0.2, -0.15) is 0 Å². The van der Waals surface area contributed by atoms with E-state index in [1.807, 2.05) is 24.3 Å². The minimum absolute atomic E-state index is 0.0458. The van der Waals surface area contributed by atoms with Gasteiger partial charge in [0, 0.05) is 18.6 Å². The predicted octanol–water partition coefficient (Wildman–Crippen LogP) is 7.79. The molecular weight excluding hydrogens is 484 g/mol. The van der Waals surface area contributed by atoms with E-state index < -0.39 is 16.6 Å². The zero-order valence-corrected chi connectivity index (χ0v) is 27.6. The second-order valence-corrected chi connectivity index (χ2v) is 23.3. The first-order valence-corrected chi connectivity index (χ1v) is 19.3. The number of hydrogen-bond acceptors (Lipinski definition) is 5. The van der Waals surface area contributed by atoms with Crippen LogP contribution in [0.1, 0.15) is 73.8 Å². The maximum absolute atomic E-state index is 9.93. The molecule has 0 unspecified atom stereocenters. The van der Waals surface area contributed by atoms with Crippen LogP contribution in [-0.2, 0) is 20.2 Å². The van der Waals surface area contributed by atoms with Gasteiger partial charge in [0.05, 0.1) is 25.9 Å². The molecule has 2 atom stereocenters. The zero-order valence-electron chi connectivity index (χ0n) is 25.6. The molecular formula is C29H56O5Si2. The summed E-state index contributed by atoms with van der Waals surface area (Å²) in [5.74, 6) is 0.829. The van der Waals surface area contributed by atoms with Crippen molar-refractivity contribution >= 4 is 16.6 Å². The van der Waals surface area contributed by atoms with E-state index in [1.165, 1.54) is 0 Å². The zero-order chi connectivity index (χ0) is 28.0. The lowest BCUT2D eigenvalue weighted by molar-refractivity contribution is -0.0990. The van der Waals surface area contributed by atoms with Crippen molar-refractivity contribution in [3.05, 3.63) is 29.8 Å². The molecule has 36 heavy (non-hydrogen) atoms. The van der Waals surface area contributed by atoms with Crippen LogP contribution >= 0.6 is 0 Å². The molecule has 0 fully saturated rings. The lowest BCUT2D eigenvalue weighted by atomic mass is 9.78. The molecule has 7 heteroatoms. The molecule has 1 aromatic rings. The van der Waals surface area contributed by atoms with Crippen LogP contribution < -0.4 is 4.74 Å². The average Bonchev–Trinajstić information content (AvgIpc) is 2.74. The van der Waals surface area contributed by atoms with Crippen LogP contribution in [0.2, 0.25) is 36.3 Å². The van der Waals surface area contributed by atoms with Gasteiger partial charge in [0.2, 0.25) is 0 Å². The Hall–Kier alpha value is -0.706. The normalized spacial score (nSPS) is 15.6. The minimum atomic E-state index is -2.05. The maximum Gasteiger partial charge on any atom is 0.192 e. The van der Waals surface area contributed by atoms with Crippen LogP contribution in [0.25, 0.3) is 0 Å². The Morgan fingerprint density at radius 2 is 1.31 bits per heavy atom. The van der Waals surface area contributed by atoms with E-state index in [2.05, 4.69) is 81.6 Å². The van der Waals surface area contributed by atoms with Gasteiger partial charge in [-0.25, -0.2) is 0 Å². The predicted molar refractivity (Wildman–Crippen MR) is 157 cm³/mol. The third-order valence-corrected chi connectivity index (χ3v) is 17.6. The van der Waals surface area contributed by atoms with Crippen molar-refractivity contribution in [2.45, 2.75) is 123 Å². The molecule has 0 aliphatic rings. The van der Waals surface area contributed by atoms with Gasteiger partial charge in [0.25, 0.3) is 0 Å². The number of benzene rings is 1. The molecule has 1 aromatic carbocycles. The molecule has 1 rings (SSSR count). The third-order valence-electron chi connectivity index (χ3n) is 8.55. The quantitative estimate of drug-likeness (QED) is 0.244. The second kappa shape index (κ2) is 12.9. The fraction of sp³-hybridized carbons (Fsp3) is 0.793. The van der Waals surface area contributed by atoms with Crippen molar-refractivity contribution in [1.82, 2.24) is 0 Å². The Kier molecular flexibility index (Phi) is 11.9. The van der Waals surface area contributed by atoms with E-state index in [0.29, 0.717) is 19.6 Å². The Morgan fingerprint density at radius 3 is 1.75 bits per heavy atom. The molecule has 0 saturated heterocycles. The van der Waals surface area contributed by atoms with Crippen molar-refractivity contribution < 1.29 is 23.4 Å². The number of ether oxygens (including phenoxy) is 2. The van der Waals surface area contributed by atoms with E-state index in [-0.39, 0.29) is 34.3 Å². The van der Waals surface area contributed by atoms with E-state index in [9.17, 15) is 5.11 Å². The summed E-state index contributed by atoms with van der Waals surface area (Å²) in [6.45, 7) is 28.6. The highest BCUT2D eigenvalue weighted by Gasteiger charge is 2.46. The van der Waals surface area contributed by atoms with Gasteiger partial charge in [0.15, 0.2) is 16.6 Å². The summed E-state index contributed by atoms with van der Waals surface area (Å²) in [5, 5.41) is 10.2. The lowest BCUT2D eigenvalue weighted by Gasteiger charge is -2.47. The van der Waals surface area contributed by atoms with Gasteiger partial charge in [-0.1, -0.05) is 67.5 Å². The van der Waals surface area contributed by atoms with Gasteiger partial charge in [0.1, 0.15) is 5.75 Å². The average molecular weight is 541 g/mol. The number of aliphatic hydroxyl groups is 1. The van der Waals surface area contributed by atoms with Crippen molar-refractivity contribution in [1.29, 1.82) is 0 Å². The SMILES string of the molecule is COc1ccc(CO[C@@H](CCO)C(C)(C)[C@H](CCO[Si](C)(C)C(C)(C)C)O[Si](C)(C)C(C)(C)C)cc1. The van der Waals surface area contributed by atoms with Crippen LogP contribution in [0.5, 0.6) is 5.75 Å². The van der Waals surface area contributed by atoms with Crippen LogP contribution in [-0.4, -0.2) is 54.3 Å². The van der Waals surface area contributed by atoms with Crippen LogP contribution in [0, 0.1) is 5.41 Å². The fourth-order valence-corrected chi connectivity index (χ4v) is 6.21. The molecule has 0 amide bonds. The fourth-order valence-electron chi connectivity index (χ4n) is 3.67. The summed E-state index contributed by atoms with van der Waals surface area (Å²) in [7, 11) is -2.24.